The molecular formula is C17H9ClFN3O3. The molecule has 0 fully saturated rings. The molecule has 0 unspecified atom stereocenters. The Morgan fingerprint density at radius 2 is 2.00 bits per heavy atom. The van der Waals surface area contributed by atoms with Crippen molar-refractivity contribution in [3.8, 4) is 23.5 Å². The van der Waals surface area contributed by atoms with Gasteiger partial charge in [-0.1, -0.05) is 46.9 Å². The zero-order valence-corrected chi connectivity index (χ0v) is 13.2. The minimum atomic E-state index is -1.33. The smallest absolute Gasteiger partial charge is 0.362 e. The first-order valence-corrected chi connectivity index (χ1v) is 7.30. The van der Waals surface area contributed by atoms with Crippen LogP contribution >= 0.6 is 11.6 Å². The number of rotatable bonds is 3. The largest absolute Gasteiger partial charge is 0.476 e. The molecule has 2 N–H and O–H groups in total. The lowest BCUT2D eigenvalue weighted by Gasteiger charge is -2.06. The number of hydrogen-bond acceptors (Lipinski definition) is 4. The number of aromatic carboxylic acids is 1. The van der Waals surface area contributed by atoms with E-state index in [-0.39, 0.29) is 22.2 Å². The van der Waals surface area contributed by atoms with E-state index >= 15 is 0 Å². The summed E-state index contributed by atoms with van der Waals surface area (Å²) in [5, 5.41) is 17.8. The maximum absolute atomic E-state index is 14.0. The highest BCUT2D eigenvalue weighted by Gasteiger charge is 2.18. The lowest BCUT2D eigenvalue weighted by molar-refractivity contribution is 0.0687. The fourth-order valence-corrected chi connectivity index (χ4v) is 2.08. The van der Waals surface area contributed by atoms with Gasteiger partial charge in [0.15, 0.2) is 0 Å². The minimum Gasteiger partial charge on any atom is -0.476 e. The highest BCUT2D eigenvalue weighted by atomic mass is 35.5. The van der Waals surface area contributed by atoms with Gasteiger partial charge >= 0.3 is 5.97 Å². The lowest BCUT2D eigenvalue weighted by Crippen LogP contribution is -2.00. The standard InChI is InChI=1S/C17H9ClFN3O3/c18-14-11(7-6-10-4-2-1-3-5-10)8-12(9-13(14)19)25-16-15(17(23)24)20-22-21-16/h1-5,8-9H,(H,23,24)(H,20,21,22). The number of nitrogens with one attached hydrogen (secondary N) is 1. The fraction of sp³-hybridized carbons (Fsp3) is 0. The molecule has 0 spiro atoms. The van der Waals surface area contributed by atoms with Gasteiger partial charge in [-0.05, 0) is 18.2 Å². The highest BCUT2D eigenvalue weighted by molar-refractivity contribution is 6.32. The summed E-state index contributed by atoms with van der Waals surface area (Å²) in [7, 11) is 0. The van der Waals surface area contributed by atoms with Crippen LogP contribution in [-0.2, 0) is 0 Å². The summed E-state index contributed by atoms with van der Waals surface area (Å²) >= 11 is 5.94. The third-order valence-corrected chi connectivity index (χ3v) is 3.44. The molecule has 0 atom stereocenters. The van der Waals surface area contributed by atoms with Crippen molar-refractivity contribution in [2.45, 2.75) is 0 Å². The number of ether oxygens (including phenoxy) is 1. The number of aromatic amines is 1. The number of nitrogens with zero attached hydrogens (tertiary/aromatic N) is 2. The van der Waals surface area contributed by atoms with Gasteiger partial charge in [0, 0.05) is 11.6 Å². The molecule has 0 radical (unpaired) electrons. The molecule has 6 nitrogen and oxygen atoms in total. The topological polar surface area (TPSA) is 88.1 Å². The van der Waals surface area contributed by atoms with E-state index in [9.17, 15) is 9.18 Å². The van der Waals surface area contributed by atoms with Crippen molar-refractivity contribution in [3.05, 3.63) is 70.1 Å². The Bertz CT molecular complexity index is 993. The van der Waals surface area contributed by atoms with Crippen molar-refractivity contribution >= 4 is 17.6 Å². The van der Waals surface area contributed by atoms with Crippen LogP contribution in [0.15, 0.2) is 42.5 Å². The fourth-order valence-electron chi connectivity index (χ4n) is 1.92. The zero-order chi connectivity index (χ0) is 17.8. The van der Waals surface area contributed by atoms with Gasteiger partial charge in [0.25, 0.3) is 5.88 Å². The predicted molar refractivity (Wildman–Crippen MR) is 87.2 cm³/mol. The number of H-pyrrole nitrogens is 1. The van der Waals surface area contributed by atoms with Gasteiger partial charge in [-0.15, -0.1) is 5.10 Å². The van der Waals surface area contributed by atoms with Crippen LogP contribution in [0.4, 0.5) is 4.39 Å². The molecule has 0 bridgehead atoms. The summed E-state index contributed by atoms with van der Waals surface area (Å²) in [6, 6.07) is 11.5. The Morgan fingerprint density at radius 3 is 2.72 bits per heavy atom. The van der Waals surface area contributed by atoms with Crippen molar-refractivity contribution in [2.75, 3.05) is 0 Å². The number of halogens is 2. The number of aromatic nitrogens is 3. The van der Waals surface area contributed by atoms with Crippen LogP contribution in [0.25, 0.3) is 0 Å². The van der Waals surface area contributed by atoms with E-state index in [1.54, 1.807) is 12.1 Å². The maximum Gasteiger partial charge on any atom is 0.362 e. The Labute approximate surface area is 146 Å². The number of carboxylic acid groups (broad SMARTS) is 1. The summed E-state index contributed by atoms with van der Waals surface area (Å²) in [5.74, 6) is 3.33. The summed E-state index contributed by atoms with van der Waals surface area (Å²) in [5.41, 5.74) is 0.508. The van der Waals surface area contributed by atoms with Crippen molar-refractivity contribution in [2.24, 2.45) is 0 Å². The normalized spacial score (nSPS) is 10.0. The summed E-state index contributed by atoms with van der Waals surface area (Å²) < 4.78 is 19.3. The molecule has 0 saturated heterocycles. The Balaban J connectivity index is 1.95. The third kappa shape index (κ3) is 3.76. The Kier molecular flexibility index (Phi) is 4.64. The SMILES string of the molecule is O=C(O)c1nn[nH]c1Oc1cc(F)c(Cl)c(C#Cc2ccccc2)c1. The van der Waals surface area contributed by atoms with Crippen LogP contribution in [0.5, 0.6) is 11.6 Å². The number of carbonyl (C=O) groups is 1. The third-order valence-electron chi connectivity index (χ3n) is 3.06. The molecule has 0 aliphatic carbocycles. The van der Waals surface area contributed by atoms with E-state index < -0.39 is 17.5 Å². The molecule has 25 heavy (non-hydrogen) atoms. The number of benzene rings is 2. The van der Waals surface area contributed by atoms with Gasteiger partial charge in [0.05, 0.1) is 10.6 Å². The molecule has 1 aromatic heterocycles. The molecule has 0 amide bonds. The molecule has 3 aromatic rings. The van der Waals surface area contributed by atoms with Crippen LogP contribution in [0.1, 0.15) is 21.6 Å². The van der Waals surface area contributed by atoms with E-state index in [4.69, 9.17) is 21.4 Å². The second-order valence-corrected chi connectivity index (χ2v) is 5.16. The first-order valence-electron chi connectivity index (χ1n) is 6.93. The van der Waals surface area contributed by atoms with E-state index in [0.717, 1.165) is 11.6 Å². The summed E-state index contributed by atoms with van der Waals surface area (Å²) in [4.78, 5) is 11.0. The van der Waals surface area contributed by atoms with Gasteiger partial charge in [0.1, 0.15) is 11.6 Å². The maximum atomic E-state index is 14.0. The van der Waals surface area contributed by atoms with Crippen LogP contribution in [0.3, 0.4) is 0 Å². The summed E-state index contributed by atoms with van der Waals surface area (Å²) in [6.07, 6.45) is 0. The quantitative estimate of drug-likeness (QED) is 0.700. The van der Waals surface area contributed by atoms with Gasteiger partial charge in [0.2, 0.25) is 5.69 Å². The van der Waals surface area contributed by atoms with Gasteiger partial charge in [-0.3, -0.25) is 0 Å². The Hall–Kier alpha value is -3.37. The van der Waals surface area contributed by atoms with E-state index in [1.165, 1.54) is 6.07 Å². The molecule has 0 aliphatic rings. The van der Waals surface area contributed by atoms with Crippen molar-refractivity contribution in [3.63, 3.8) is 0 Å². The van der Waals surface area contributed by atoms with Crippen LogP contribution in [0.2, 0.25) is 5.02 Å². The van der Waals surface area contributed by atoms with E-state index in [2.05, 4.69) is 27.3 Å². The second kappa shape index (κ2) is 7.03. The first kappa shape index (κ1) is 16.5. The predicted octanol–water partition coefficient (Wildman–Crippen LogP) is 3.49. The molecule has 1 heterocycles. The number of hydrogen-bond donors (Lipinski definition) is 2. The first-order chi connectivity index (χ1) is 12.0. The van der Waals surface area contributed by atoms with Crippen LogP contribution < -0.4 is 4.74 Å². The Morgan fingerprint density at radius 1 is 1.24 bits per heavy atom. The molecule has 3 rings (SSSR count). The highest BCUT2D eigenvalue weighted by Crippen LogP contribution is 2.29. The summed E-state index contributed by atoms with van der Waals surface area (Å²) in [6.45, 7) is 0. The van der Waals surface area contributed by atoms with Crippen molar-refractivity contribution in [1.82, 2.24) is 15.4 Å². The monoisotopic (exact) mass is 357 g/mol. The number of carboxylic acids is 1. The van der Waals surface area contributed by atoms with Gasteiger partial charge < -0.3 is 9.84 Å². The molecule has 8 heteroatoms. The van der Waals surface area contributed by atoms with Crippen LogP contribution in [0, 0.1) is 17.7 Å². The molecule has 0 saturated carbocycles. The molecular weight excluding hydrogens is 349 g/mol. The lowest BCUT2D eigenvalue weighted by atomic mass is 10.1. The van der Waals surface area contributed by atoms with Gasteiger partial charge in [-0.25, -0.2) is 14.3 Å². The molecule has 124 valence electrons. The minimum absolute atomic E-state index is 0.00723. The zero-order valence-electron chi connectivity index (χ0n) is 12.5. The second-order valence-electron chi connectivity index (χ2n) is 4.78. The van der Waals surface area contributed by atoms with E-state index in [1.807, 2.05) is 18.2 Å². The molecule has 0 aliphatic heterocycles. The van der Waals surface area contributed by atoms with E-state index in [0.29, 0.717) is 0 Å². The van der Waals surface area contributed by atoms with Gasteiger partial charge in [-0.2, -0.15) is 0 Å². The van der Waals surface area contributed by atoms with Crippen LogP contribution in [-0.4, -0.2) is 26.5 Å². The van der Waals surface area contributed by atoms with Crippen molar-refractivity contribution < 1.29 is 19.0 Å². The molecule has 2 aromatic carbocycles. The average Bonchev–Trinajstić information content (AvgIpc) is 3.06. The average molecular weight is 358 g/mol. The van der Waals surface area contributed by atoms with Crippen molar-refractivity contribution in [1.29, 1.82) is 0 Å².